The van der Waals surface area contributed by atoms with Crippen molar-refractivity contribution in [2.75, 3.05) is 5.32 Å². The zero-order valence-electron chi connectivity index (χ0n) is 14.5. The van der Waals surface area contributed by atoms with E-state index in [0.717, 1.165) is 4.90 Å². The molecule has 0 fully saturated rings. The minimum absolute atomic E-state index is 0.0521. The molecule has 8 nitrogen and oxygen atoms in total. The maximum absolute atomic E-state index is 12.6. The molecule has 3 heterocycles. The van der Waals surface area contributed by atoms with Gasteiger partial charge in [0, 0.05) is 18.2 Å². The highest BCUT2D eigenvalue weighted by molar-refractivity contribution is 6.22. The Morgan fingerprint density at radius 2 is 1.96 bits per heavy atom. The van der Waals surface area contributed by atoms with Gasteiger partial charge in [0.25, 0.3) is 17.7 Å². The van der Waals surface area contributed by atoms with Crippen LogP contribution in [-0.2, 0) is 13.1 Å². The zero-order chi connectivity index (χ0) is 19.0. The molecule has 1 aliphatic rings. The van der Waals surface area contributed by atoms with Crippen LogP contribution in [0.15, 0.2) is 53.3 Å². The fourth-order valence-corrected chi connectivity index (χ4v) is 3.01. The molecule has 3 amide bonds. The van der Waals surface area contributed by atoms with Crippen LogP contribution < -0.4 is 5.32 Å². The van der Waals surface area contributed by atoms with Crippen LogP contribution >= 0.6 is 0 Å². The number of aryl methyl sites for hydroxylation is 1. The van der Waals surface area contributed by atoms with Crippen molar-refractivity contribution >= 4 is 23.5 Å². The molecule has 1 aliphatic heterocycles. The van der Waals surface area contributed by atoms with E-state index in [1.165, 1.54) is 24.5 Å². The Morgan fingerprint density at radius 3 is 2.70 bits per heavy atom. The minimum atomic E-state index is -0.445. The SMILES string of the molecule is CCn1nccc1NC(=O)c1ccc2c(c1)C(=O)N(Cc1ccco1)C2=O. The predicted octanol–water partition coefficient (Wildman–Crippen LogP) is 2.54. The topological polar surface area (TPSA) is 97.4 Å². The van der Waals surface area contributed by atoms with Crippen molar-refractivity contribution in [3.63, 3.8) is 0 Å². The first-order valence-electron chi connectivity index (χ1n) is 8.44. The van der Waals surface area contributed by atoms with Crippen LogP contribution in [0.25, 0.3) is 0 Å². The number of carbonyl (C=O) groups is 3. The Morgan fingerprint density at radius 1 is 1.15 bits per heavy atom. The van der Waals surface area contributed by atoms with Crippen LogP contribution in [0.4, 0.5) is 5.82 Å². The van der Waals surface area contributed by atoms with E-state index in [0.29, 0.717) is 23.7 Å². The second kappa shape index (κ2) is 6.56. The average molecular weight is 364 g/mol. The van der Waals surface area contributed by atoms with Gasteiger partial charge in [-0.3, -0.25) is 19.3 Å². The fraction of sp³-hybridized carbons (Fsp3) is 0.158. The first-order chi connectivity index (χ1) is 13.1. The molecule has 0 aliphatic carbocycles. The van der Waals surface area contributed by atoms with Crippen molar-refractivity contribution in [3.05, 3.63) is 71.3 Å². The molecule has 3 aromatic rings. The van der Waals surface area contributed by atoms with Gasteiger partial charge in [-0.2, -0.15) is 5.10 Å². The summed E-state index contributed by atoms with van der Waals surface area (Å²) in [7, 11) is 0. The highest BCUT2D eigenvalue weighted by Crippen LogP contribution is 2.26. The second-order valence-electron chi connectivity index (χ2n) is 6.02. The number of aromatic nitrogens is 2. The standard InChI is InChI=1S/C19H16N4O4/c1-2-23-16(7-8-20-23)21-17(24)12-5-6-14-15(10-12)19(26)22(18(14)25)11-13-4-3-9-27-13/h3-10H,2,11H2,1H3,(H,21,24). The third-order valence-electron chi connectivity index (χ3n) is 4.38. The molecule has 0 bridgehead atoms. The Kier molecular flexibility index (Phi) is 4.08. The maximum atomic E-state index is 12.6. The zero-order valence-corrected chi connectivity index (χ0v) is 14.5. The number of imide groups is 1. The normalized spacial score (nSPS) is 13.1. The minimum Gasteiger partial charge on any atom is -0.467 e. The predicted molar refractivity (Wildman–Crippen MR) is 95.2 cm³/mol. The molecule has 8 heteroatoms. The molecule has 27 heavy (non-hydrogen) atoms. The number of amides is 3. The molecular formula is C19H16N4O4. The van der Waals surface area contributed by atoms with Crippen molar-refractivity contribution in [2.45, 2.75) is 20.0 Å². The van der Waals surface area contributed by atoms with Crippen LogP contribution in [-0.4, -0.2) is 32.4 Å². The number of nitrogens with zero attached hydrogens (tertiary/aromatic N) is 3. The molecule has 0 spiro atoms. The first kappa shape index (κ1) is 16.8. The van der Waals surface area contributed by atoms with Gasteiger partial charge in [0.2, 0.25) is 0 Å². The lowest BCUT2D eigenvalue weighted by Crippen LogP contribution is -2.28. The van der Waals surface area contributed by atoms with Crippen LogP contribution in [0.3, 0.4) is 0 Å². The van der Waals surface area contributed by atoms with Gasteiger partial charge in [0.1, 0.15) is 11.6 Å². The largest absolute Gasteiger partial charge is 0.467 e. The molecule has 0 unspecified atom stereocenters. The summed E-state index contributed by atoms with van der Waals surface area (Å²) in [6.07, 6.45) is 3.08. The lowest BCUT2D eigenvalue weighted by atomic mass is 10.1. The average Bonchev–Trinajstić information content (AvgIpc) is 3.39. The fourth-order valence-electron chi connectivity index (χ4n) is 3.01. The number of benzene rings is 1. The molecule has 136 valence electrons. The Labute approximate surface area is 154 Å². The Bertz CT molecular complexity index is 1040. The quantitative estimate of drug-likeness (QED) is 0.702. The highest BCUT2D eigenvalue weighted by Gasteiger charge is 2.36. The summed E-state index contributed by atoms with van der Waals surface area (Å²) in [4.78, 5) is 38.8. The molecule has 0 atom stereocenters. The van der Waals surface area contributed by atoms with Crippen LogP contribution in [0, 0.1) is 0 Å². The Balaban J connectivity index is 1.58. The van der Waals surface area contributed by atoms with Crippen LogP contribution in [0.5, 0.6) is 0 Å². The number of rotatable bonds is 5. The summed E-state index contributed by atoms with van der Waals surface area (Å²) in [5, 5.41) is 6.85. The van der Waals surface area contributed by atoms with Crippen LogP contribution in [0.1, 0.15) is 43.8 Å². The van der Waals surface area contributed by atoms with Crippen molar-refractivity contribution in [2.24, 2.45) is 0 Å². The molecule has 1 N–H and O–H groups in total. The summed E-state index contributed by atoms with van der Waals surface area (Å²) in [5.41, 5.74) is 0.781. The molecule has 2 aromatic heterocycles. The second-order valence-corrected chi connectivity index (χ2v) is 6.02. The molecule has 4 rings (SSSR count). The number of furan rings is 1. The summed E-state index contributed by atoms with van der Waals surface area (Å²) in [6, 6.07) is 9.55. The van der Waals surface area contributed by atoms with E-state index in [9.17, 15) is 14.4 Å². The highest BCUT2D eigenvalue weighted by atomic mass is 16.3. The molecule has 0 saturated carbocycles. The Hall–Kier alpha value is -3.68. The summed E-state index contributed by atoms with van der Waals surface area (Å²) >= 11 is 0. The van der Waals surface area contributed by atoms with Gasteiger partial charge in [-0.05, 0) is 37.3 Å². The van der Waals surface area contributed by atoms with E-state index in [4.69, 9.17) is 4.42 Å². The lowest BCUT2D eigenvalue weighted by molar-refractivity contribution is 0.0631. The molecular weight excluding hydrogens is 348 g/mol. The van der Waals surface area contributed by atoms with Crippen molar-refractivity contribution in [1.29, 1.82) is 0 Å². The van der Waals surface area contributed by atoms with Gasteiger partial charge in [-0.1, -0.05) is 0 Å². The van der Waals surface area contributed by atoms with Crippen molar-refractivity contribution in [3.8, 4) is 0 Å². The number of carbonyl (C=O) groups excluding carboxylic acids is 3. The first-order valence-corrected chi connectivity index (χ1v) is 8.44. The lowest BCUT2D eigenvalue weighted by Gasteiger charge is -2.11. The van der Waals surface area contributed by atoms with Gasteiger partial charge < -0.3 is 9.73 Å². The molecule has 0 radical (unpaired) electrons. The third kappa shape index (κ3) is 2.91. The van der Waals surface area contributed by atoms with E-state index in [-0.39, 0.29) is 23.6 Å². The molecule has 0 saturated heterocycles. The van der Waals surface area contributed by atoms with E-state index >= 15 is 0 Å². The molecule has 1 aromatic carbocycles. The van der Waals surface area contributed by atoms with Gasteiger partial charge in [0.15, 0.2) is 0 Å². The van der Waals surface area contributed by atoms with Gasteiger partial charge in [0.05, 0.1) is 30.1 Å². The van der Waals surface area contributed by atoms with Gasteiger partial charge in [-0.15, -0.1) is 0 Å². The summed E-state index contributed by atoms with van der Waals surface area (Å²) in [5.74, 6) is -0.153. The summed E-state index contributed by atoms with van der Waals surface area (Å²) in [6.45, 7) is 2.58. The smallest absolute Gasteiger partial charge is 0.261 e. The number of hydrogen-bond acceptors (Lipinski definition) is 5. The maximum Gasteiger partial charge on any atom is 0.261 e. The van der Waals surface area contributed by atoms with E-state index in [1.54, 1.807) is 29.1 Å². The van der Waals surface area contributed by atoms with E-state index < -0.39 is 11.8 Å². The number of nitrogens with one attached hydrogen (secondary N) is 1. The van der Waals surface area contributed by atoms with Gasteiger partial charge in [-0.25, -0.2) is 4.68 Å². The third-order valence-corrected chi connectivity index (χ3v) is 4.38. The number of hydrogen-bond donors (Lipinski definition) is 1. The van der Waals surface area contributed by atoms with Crippen molar-refractivity contribution in [1.82, 2.24) is 14.7 Å². The van der Waals surface area contributed by atoms with Crippen molar-refractivity contribution < 1.29 is 18.8 Å². The number of anilines is 1. The van der Waals surface area contributed by atoms with Gasteiger partial charge >= 0.3 is 0 Å². The summed E-state index contributed by atoms with van der Waals surface area (Å²) < 4.78 is 6.86. The van der Waals surface area contributed by atoms with Crippen LogP contribution in [0.2, 0.25) is 0 Å². The monoisotopic (exact) mass is 364 g/mol. The van der Waals surface area contributed by atoms with E-state index in [1.807, 2.05) is 6.92 Å². The number of fused-ring (bicyclic) bond motifs is 1. The van der Waals surface area contributed by atoms with E-state index in [2.05, 4.69) is 10.4 Å².